The average molecular weight is 244 g/mol. The Hall–Kier alpha value is -1.75. The lowest BCUT2D eigenvalue weighted by atomic mass is 10.1. The third-order valence-electron chi connectivity index (χ3n) is 3.38. The quantitative estimate of drug-likeness (QED) is 0.874. The summed E-state index contributed by atoms with van der Waals surface area (Å²) in [4.78, 5) is 8.83. The molecule has 1 aliphatic carbocycles. The average Bonchev–Trinajstić information content (AvgIpc) is 2.97. The molecule has 0 aromatic carbocycles. The molecule has 0 spiro atoms. The lowest BCUT2D eigenvalue weighted by Crippen LogP contribution is -2.14. The third kappa shape index (κ3) is 2.13. The highest BCUT2D eigenvalue weighted by atomic mass is 16.5. The fourth-order valence-electron chi connectivity index (χ4n) is 2.41. The first-order valence-electron chi connectivity index (χ1n) is 6.25. The van der Waals surface area contributed by atoms with E-state index in [-0.39, 0.29) is 6.04 Å². The van der Waals surface area contributed by atoms with E-state index in [1.165, 1.54) is 0 Å². The van der Waals surface area contributed by atoms with Crippen molar-refractivity contribution in [3.8, 4) is 11.5 Å². The molecule has 0 radical (unpaired) electrons. The predicted octanol–water partition coefficient (Wildman–Crippen LogP) is 2.03. The van der Waals surface area contributed by atoms with Crippen molar-refractivity contribution < 1.29 is 4.52 Å². The maximum Gasteiger partial charge on any atom is 0.230 e. The summed E-state index contributed by atoms with van der Waals surface area (Å²) in [6.45, 7) is 1.94. The number of rotatable bonds is 2. The summed E-state index contributed by atoms with van der Waals surface area (Å²) in [6.07, 6.45) is 3.00. The van der Waals surface area contributed by atoms with E-state index in [2.05, 4.69) is 15.1 Å². The van der Waals surface area contributed by atoms with Crippen molar-refractivity contribution in [1.82, 2.24) is 15.1 Å². The Morgan fingerprint density at radius 2 is 2.17 bits per heavy atom. The van der Waals surface area contributed by atoms with E-state index in [0.29, 0.717) is 17.6 Å². The van der Waals surface area contributed by atoms with E-state index < -0.39 is 0 Å². The van der Waals surface area contributed by atoms with Crippen LogP contribution in [0.3, 0.4) is 0 Å². The van der Waals surface area contributed by atoms with E-state index in [4.69, 9.17) is 10.3 Å². The van der Waals surface area contributed by atoms with Crippen LogP contribution in [0.1, 0.15) is 36.8 Å². The van der Waals surface area contributed by atoms with Gasteiger partial charge in [-0.2, -0.15) is 4.98 Å². The molecule has 2 atom stereocenters. The Labute approximate surface area is 105 Å². The van der Waals surface area contributed by atoms with Crippen molar-refractivity contribution in [1.29, 1.82) is 0 Å². The fourth-order valence-corrected chi connectivity index (χ4v) is 2.41. The molecule has 5 heteroatoms. The monoisotopic (exact) mass is 244 g/mol. The van der Waals surface area contributed by atoms with Gasteiger partial charge in [0.15, 0.2) is 0 Å². The summed E-state index contributed by atoms with van der Waals surface area (Å²) < 4.78 is 5.33. The second kappa shape index (κ2) is 4.49. The van der Waals surface area contributed by atoms with Gasteiger partial charge in [0.2, 0.25) is 11.7 Å². The second-order valence-electron chi connectivity index (χ2n) is 4.89. The van der Waals surface area contributed by atoms with Crippen LogP contribution in [0.2, 0.25) is 0 Å². The summed E-state index contributed by atoms with van der Waals surface area (Å²) in [5, 5.41) is 4.01. The molecule has 0 bridgehead atoms. The standard InChI is InChI=1S/C13H16N4O/c1-8-3-2-4-11(15-8)12-16-13(18-17-12)9-5-6-10(14)7-9/h2-4,9-10H,5-7,14H2,1H3/t9-,10+/m1/s1. The van der Waals surface area contributed by atoms with Crippen LogP contribution < -0.4 is 5.73 Å². The van der Waals surface area contributed by atoms with E-state index in [0.717, 1.165) is 30.7 Å². The summed E-state index contributed by atoms with van der Waals surface area (Å²) in [5.74, 6) is 1.57. The number of hydrogen-bond acceptors (Lipinski definition) is 5. The zero-order valence-corrected chi connectivity index (χ0v) is 10.3. The first kappa shape index (κ1) is 11.3. The predicted molar refractivity (Wildman–Crippen MR) is 66.8 cm³/mol. The molecule has 2 heterocycles. The number of nitrogens with two attached hydrogens (primary N) is 1. The van der Waals surface area contributed by atoms with Gasteiger partial charge in [0.1, 0.15) is 5.69 Å². The lowest BCUT2D eigenvalue weighted by molar-refractivity contribution is 0.353. The number of aromatic nitrogens is 3. The molecular weight excluding hydrogens is 228 g/mol. The Morgan fingerprint density at radius 3 is 2.89 bits per heavy atom. The van der Waals surface area contributed by atoms with Gasteiger partial charge in [-0.25, -0.2) is 4.98 Å². The molecule has 5 nitrogen and oxygen atoms in total. The Kier molecular flexibility index (Phi) is 2.83. The molecule has 1 saturated carbocycles. The molecule has 0 aliphatic heterocycles. The molecular formula is C13H16N4O. The lowest BCUT2D eigenvalue weighted by Gasteiger charge is -2.01. The minimum absolute atomic E-state index is 0.266. The third-order valence-corrected chi connectivity index (χ3v) is 3.38. The fraction of sp³-hybridized carbons (Fsp3) is 0.462. The highest BCUT2D eigenvalue weighted by molar-refractivity contribution is 5.48. The Morgan fingerprint density at radius 1 is 1.28 bits per heavy atom. The summed E-state index contributed by atoms with van der Waals surface area (Å²) in [5.41, 5.74) is 7.60. The van der Waals surface area contributed by atoms with E-state index in [1.54, 1.807) is 0 Å². The Bertz CT molecular complexity index is 551. The minimum atomic E-state index is 0.266. The number of nitrogens with zero attached hydrogens (tertiary/aromatic N) is 3. The summed E-state index contributed by atoms with van der Waals surface area (Å²) in [6, 6.07) is 6.05. The molecule has 0 unspecified atom stereocenters. The van der Waals surface area contributed by atoms with Gasteiger partial charge in [-0.3, -0.25) is 0 Å². The van der Waals surface area contributed by atoms with Crippen LogP contribution in [-0.4, -0.2) is 21.2 Å². The van der Waals surface area contributed by atoms with Gasteiger partial charge in [-0.05, 0) is 38.3 Å². The minimum Gasteiger partial charge on any atom is -0.339 e. The molecule has 1 aliphatic rings. The van der Waals surface area contributed by atoms with Crippen LogP contribution in [0.4, 0.5) is 0 Å². The van der Waals surface area contributed by atoms with Gasteiger partial charge in [0.05, 0.1) is 0 Å². The molecule has 0 saturated heterocycles. The van der Waals surface area contributed by atoms with Gasteiger partial charge in [-0.15, -0.1) is 0 Å². The van der Waals surface area contributed by atoms with Crippen molar-refractivity contribution in [3.63, 3.8) is 0 Å². The second-order valence-corrected chi connectivity index (χ2v) is 4.89. The normalized spacial score (nSPS) is 23.4. The molecule has 1 fully saturated rings. The SMILES string of the molecule is Cc1cccc(-c2noc([C@@H]3CC[C@H](N)C3)n2)n1. The van der Waals surface area contributed by atoms with Crippen LogP contribution in [0.5, 0.6) is 0 Å². The summed E-state index contributed by atoms with van der Waals surface area (Å²) in [7, 11) is 0. The highest BCUT2D eigenvalue weighted by Crippen LogP contribution is 2.33. The van der Waals surface area contributed by atoms with E-state index >= 15 is 0 Å². The van der Waals surface area contributed by atoms with E-state index in [9.17, 15) is 0 Å². The van der Waals surface area contributed by atoms with Gasteiger partial charge in [0.25, 0.3) is 0 Å². The summed E-state index contributed by atoms with van der Waals surface area (Å²) >= 11 is 0. The molecule has 94 valence electrons. The van der Waals surface area contributed by atoms with Crippen molar-refractivity contribution in [2.75, 3.05) is 0 Å². The molecule has 3 rings (SSSR count). The first-order valence-corrected chi connectivity index (χ1v) is 6.25. The Balaban J connectivity index is 1.85. The maximum absolute atomic E-state index is 5.90. The number of pyridine rings is 1. The number of hydrogen-bond donors (Lipinski definition) is 1. The largest absolute Gasteiger partial charge is 0.339 e. The molecule has 2 aromatic rings. The van der Waals surface area contributed by atoms with Crippen LogP contribution in [0.15, 0.2) is 22.7 Å². The van der Waals surface area contributed by atoms with Gasteiger partial charge in [-0.1, -0.05) is 11.2 Å². The molecule has 0 amide bonds. The van der Waals surface area contributed by atoms with Gasteiger partial charge < -0.3 is 10.3 Å². The first-order chi connectivity index (χ1) is 8.72. The van der Waals surface area contributed by atoms with E-state index in [1.807, 2.05) is 25.1 Å². The van der Waals surface area contributed by atoms with Crippen molar-refractivity contribution in [2.24, 2.45) is 5.73 Å². The van der Waals surface area contributed by atoms with Crippen LogP contribution in [0, 0.1) is 6.92 Å². The van der Waals surface area contributed by atoms with Crippen LogP contribution in [-0.2, 0) is 0 Å². The van der Waals surface area contributed by atoms with Crippen LogP contribution >= 0.6 is 0 Å². The maximum atomic E-state index is 5.90. The molecule has 2 N–H and O–H groups in total. The molecule has 2 aromatic heterocycles. The molecule has 18 heavy (non-hydrogen) atoms. The van der Waals surface area contributed by atoms with Gasteiger partial charge in [0, 0.05) is 17.7 Å². The van der Waals surface area contributed by atoms with Crippen molar-refractivity contribution in [3.05, 3.63) is 29.8 Å². The topological polar surface area (TPSA) is 77.8 Å². The zero-order chi connectivity index (χ0) is 12.5. The number of aryl methyl sites for hydroxylation is 1. The van der Waals surface area contributed by atoms with Gasteiger partial charge >= 0.3 is 0 Å². The zero-order valence-electron chi connectivity index (χ0n) is 10.3. The van der Waals surface area contributed by atoms with Crippen molar-refractivity contribution in [2.45, 2.75) is 38.1 Å². The van der Waals surface area contributed by atoms with Crippen molar-refractivity contribution >= 4 is 0 Å². The smallest absolute Gasteiger partial charge is 0.230 e. The van der Waals surface area contributed by atoms with Crippen LogP contribution in [0.25, 0.3) is 11.5 Å². The highest BCUT2D eigenvalue weighted by Gasteiger charge is 2.28.